The first-order chi connectivity index (χ1) is 7.70. The van der Waals surface area contributed by atoms with Crippen LogP contribution in [0.15, 0.2) is 12.2 Å². The van der Waals surface area contributed by atoms with Gasteiger partial charge in [-0.05, 0) is 12.8 Å². The molecule has 1 aliphatic carbocycles. The smallest absolute Gasteiger partial charge is 0.327 e. The molecule has 0 aromatic heterocycles. The minimum Gasteiger partial charge on any atom is -0.480 e. The molecule has 0 aromatic rings. The number of nitrogens with zero attached hydrogens (tertiary/aromatic N) is 1. The van der Waals surface area contributed by atoms with Gasteiger partial charge in [-0.2, -0.15) is 11.8 Å². The predicted molar refractivity (Wildman–Crippen MR) is 62.3 cm³/mol. The van der Waals surface area contributed by atoms with Crippen LogP contribution in [0, 0.1) is 5.92 Å². The second kappa shape index (κ2) is 4.91. The number of hydrogen-bond donors (Lipinski definition) is 1. The zero-order chi connectivity index (χ0) is 11.5. The first kappa shape index (κ1) is 11.5. The number of carboxylic acids is 1. The molecular weight excluding hydrogens is 226 g/mol. The van der Waals surface area contributed by atoms with Crippen LogP contribution in [-0.4, -0.2) is 46.0 Å². The van der Waals surface area contributed by atoms with E-state index in [9.17, 15) is 9.59 Å². The lowest BCUT2D eigenvalue weighted by molar-refractivity contribution is -0.150. The van der Waals surface area contributed by atoms with Crippen molar-refractivity contribution in [1.29, 1.82) is 0 Å². The fraction of sp³-hybridized carbons (Fsp3) is 0.636. The van der Waals surface area contributed by atoms with Crippen LogP contribution in [0.4, 0.5) is 0 Å². The molecule has 2 aliphatic rings. The molecular formula is C11H15NO3S. The van der Waals surface area contributed by atoms with Gasteiger partial charge in [0.25, 0.3) is 0 Å². The summed E-state index contributed by atoms with van der Waals surface area (Å²) in [5, 5.41) is 9.08. The second-order valence-corrected chi connectivity index (χ2v) is 5.25. The van der Waals surface area contributed by atoms with Gasteiger partial charge in [0.1, 0.15) is 6.04 Å². The Bertz CT molecular complexity index is 321. The molecule has 0 bridgehead atoms. The minimum atomic E-state index is -0.883. The number of carbonyl (C=O) groups is 2. The van der Waals surface area contributed by atoms with E-state index in [1.54, 1.807) is 16.7 Å². The average Bonchev–Trinajstić information content (AvgIpc) is 2.81. The Balaban J connectivity index is 2.04. The maximum atomic E-state index is 12.1. The summed E-state index contributed by atoms with van der Waals surface area (Å²) in [7, 11) is 0. The molecule has 5 heteroatoms. The summed E-state index contributed by atoms with van der Waals surface area (Å²) < 4.78 is 0. The minimum absolute atomic E-state index is 0.0118. The first-order valence-electron chi connectivity index (χ1n) is 5.46. The van der Waals surface area contributed by atoms with Crippen molar-refractivity contribution < 1.29 is 14.7 Å². The van der Waals surface area contributed by atoms with E-state index in [-0.39, 0.29) is 11.8 Å². The van der Waals surface area contributed by atoms with Crippen LogP contribution >= 0.6 is 11.8 Å². The monoisotopic (exact) mass is 241 g/mol. The van der Waals surface area contributed by atoms with Gasteiger partial charge in [0.05, 0.1) is 0 Å². The lowest BCUT2D eigenvalue weighted by Gasteiger charge is -2.34. The highest BCUT2D eigenvalue weighted by atomic mass is 32.2. The highest BCUT2D eigenvalue weighted by Gasteiger charge is 2.35. The molecule has 0 spiro atoms. The van der Waals surface area contributed by atoms with Crippen LogP contribution in [0.3, 0.4) is 0 Å². The lowest BCUT2D eigenvalue weighted by atomic mass is 10.0. The van der Waals surface area contributed by atoms with Crippen LogP contribution in [0.5, 0.6) is 0 Å². The Morgan fingerprint density at radius 2 is 2.00 bits per heavy atom. The van der Waals surface area contributed by atoms with Crippen molar-refractivity contribution in [2.75, 3.05) is 18.1 Å². The van der Waals surface area contributed by atoms with E-state index >= 15 is 0 Å². The van der Waals surface area contributed by atoms with Gasteiger partial charge < -0.3 is 10.0 Å². The van der Waals surface area contributed by atoms with E-state index in [0.29, 0.717) is 12.3 Å². The fourth-order valence-electron chi connectivity index (χ4n) is 2.13. The van der Waals surface area contributed by atoms with Gasteiger partial charge in [-0.25, -0.2) is 4.79 Å². The van der Waals surface area contributed by atoms with Gasteiger partial charge in [-0.1, -0.05) is 12.2 Å². The van der Waals surface area contributed by atoms with E-state index in [2.05, 4.69) is 0 Å². The number of rotatable bonds is 2. The van der Waals surface area contributed by atoms with Gasteiger partial charge >= 0.3 is 5.97 Å². The predicted octanol–water partition coefficient (Wildman–Crippen LogP) is 0.981. The average molecular weight is 241 g/mol. The molecule has 0 saturated carbocycles. The molecule has 16 heavy (non-hydrogen) atoms. The number of thioether (sulfide) groups is 1. The zero-order valence-corrected chi connectivity index (χ0v) is 9.78. The van der Waals surface area contributed by atoms with E-state index in [4.69, 9.17) is 5.11 Å². The van der Waals surface area contributed by atoms with Gasteiger partial charge in [0.15, 0.2) is 0 Å². The maximum Gasteiger partial charge on any atom is 0.327 e. The third kappa shape index (κ3) is 2.24. The van der Waals surface area contributed by atoms with Gasteiger partial charge in [-0.3, -0.25) is 4.79 Å². The molecule has 1 saturated heterocycles. The van der Waals surface area contributed by atoms with Crippen LogP contribution in [0.25, 0.3) is 0 Å². The van der Waals surface area contributed by atoms with Gasteiger partial charge in [0, 0.05) is 24.0 Å². The lowest BCUT2D eigenvalue weighted by Crippen LogP contribution is -2.52. The highest BCUT2D eigenvalue weighted by molar-refractivity contribution is 7.99. The zero-order valence-electron chi connectivity index (χ0n) is 8.96. The number of carbonyl (C=O) groups excluding carboxylic acids is 1. The molecule has 1 aliphatic heterocycles. The molecule has 1 atom stereocenters. The summed E-state index contributed by atoms with van der Waals surface area (Å²) in [4.78, 5) is 24.7. The van der Waals surface area contributed by atoms with Crippen LogP contribution in [0.2, 0.25) is 0 Å². The molecule has 1 amide bonds. The standard InChI is InChI=1S/C11H15NO3S/c13-10(8-3-1-2-4-8)12-5-6-16-7-9(12)11(14)15/h1-2,8-9H,3-7H2,(H,14,15). The molecule has 1 fully saturated rings. The van der Waals surface area contributed by atoms with Crippen molar-refractivity contribution in [3.8, 4) is 0 Å². The molecule has 1 heterocycles. The van der Waals surface area contributed by atoms with Crippen molar-refractivity contribution in [2.45, 2.75) is 18.9 Å². The van der Waals surface area contributed by atoms with Crippen molar-refractivity contribution in [3.63, 3.8) is 0 Å². The maximum absolute atomic E-state index is 12.1. The fourth-order valence-corrected chi connectivity index (χ4v) is 3.16. The van der Waals surface area contributed by atoms with E-state index in [1.807, 2.05) is 12.2 Å². The second-order valence-electron chi connectivity index (χ2n) is 4.10. The summed E-state index contributed by atoms with van der Waals surface area (Å²) in [6, 6.07) is -0.633. The summed E-state index contributed by atoms with van der Waals surface area (Å²) in [6.07, 6.45) is 5.51. The molecule has 88 valence electrons. The van der Waals surface area contributed by atoms with Gasteiger partial charge in [0.2, 0.25) is 5.91 Å². The Morgan fingerprint density at radius 3 is 2.62 bits per heavy atom. The molecule has 1 N–H and O–H groups in total. The number of hydrogen-bond acceptors (Lipinski definition) is 3. The highest BCUT2D eigenvalue weighted by Crippen LogP contribution is 2.24. The largest absolute Gasteiger partial charge is 0.480 e. The summed E-state index contributed by atoms with van der Waals surface area (Å²) in [6.45, 7) is 0.566. The Morgan fingerprint density at radius 1 is 1.31 bits per heavy atom. The third-order valence-corrected chi connectivity index (χ3v) is 4.08. The first-order valence-corrected chi connectivity index (χ1v) is 6.61. The summed E-state index contributed by atoms with van der Waals surface area (Å²) in [5.41, 5.74) is 0. The molecule has 0 radical (unpaired) electrons. The number of allylic oxidation sites excluding steroid dienone is 2. The van der Waals surface area contributed by atoms with Crippen molar-refractivity contribution in [3.05, 3.63) is 12.2 Å². The van der Waals surface area contributed by atoms with Crippen LogP contribution in [-0.2, 0) is 9.59 Å². The summed E-state index contributed by atoms with van der Waals surface area (Å²) >= 11 is 1.60. The van der Waals surface area contributed by atoms with E-state index in [0.717, 1.165) is 18.6 Å². The SMILES string of the molecule is O=C(O)C1CSCCN1C(=O)C1CC=CC1. The molecule has 1 unspecified atom stereocenters. The Labute approximate surface area is 98.7 Å². The molecule has 4 nitrogen and oxygen atoms in total. The summed E-state index contributed by atoms with van der Waals surface area (Å²) in [5.74, 6) is 0.464. The third-order valence-electron chi connectivity index (χ3n) is 3.05. The number of aliphatic carboxylic acids is 1. The topological polar surface area (TPSA) is 57.6 Å². The van der Waals surface area contributed by atoms with Crippen molar-refractivity contribution in [1.82, 2.24) is 4.90 Å². The quantitative estimate of drug-likeness (QED) is 0.732. The Kier molecular flexibility index (Phi) is 3.53. The van der Waals surface area contributed by atoms with E-state index < -0.39 is 12.0 Å². The molecule has 2 rings (SSSR count). The van der Waals surface area contributed by atoms with Crippen LogP contribution < -0.4 is 0 Å². The van der Waals surface area contributed by atoms with Crippen LogP contribution in [0.1, 0.15) is 12.8 Å². The Hall–Kier alpha value is -0.970. The normalized spacial score (nSPS) is 26.0. The van der Waals surface area contributed by atoms with E-state index in [1.165, 1.54) is 0 Å². The number of carboxylic acid groups (broad SMARTS) is 1. The molecule has 0 aromatic carbocycles. The van der Waals surface area contributed by atoms with Crippen molar-refractivity contribution in [2.24, 2.45) is 5.92 Å². The van der Waals surface area contributed by atoms with Crippen molar-refractivity contribution >= 4 is 23.6 Å². The van der Waals surface area contributed by atoms with Gasteiger partial charge in [-0.15, -0.1) is 0 Å². The number of amides is 1.